The first-order valence-electron chi connectivity index (χ1n) is 6.63. The van der Waals surface area contributed by atoms with Crippen LogP contribution in [0.5, 0.6) is 0 Å². The lowest BCUT2D eigenvalue weighted by Gasteiger charge is -2.19. The number of aryl methyl sites for hydroxylation is 1. The van der Waals surface area contributed by atoms with E-state index in [0.717, 1.165) is 25.2 Å². The van der Waals surface area contributed by atoms with Gasteiger partial charge < -0.3 is 0 Å². The minimum atomic E-state index is -0.314. The summed E-state index contributed by atoms with van der Waals surface area (Å²) in [7, 11) is 0. The fourth-order valence-corrected chi connectivity index (χ4v) is 2.57. The summed E-state index contributed by atoms with van der Waals surface area (Å²) in [6.45, 7) is 5.02. The summed E-state index contributed by atoms with van der Waals surface area (Å²) in [4.78, 5) is 12.9. The molecule has 0 aromatic heterocycles. The van der Waals surface area contributed by atoms with Gasteiger partial charge in [-0.05, 0) is 44.5 Å². The van der Waals surface area contributed by atoms with Crippen molar-refractivity contribution in [3.63, 3.8) is 0 Å². The number of nitro benzene ring substituents is 1. The Balaban J connectivity index is 2.05. The van der Waals surface area contributed by atoms with Crippen LogP contribution in [0.25, 0.3) is 0 Å². The lowest BCUT2D eigenvalue weighted by molar-refractivity contribution is -0.385. The summed E-state index contributed by atoms with van der Waals surface area (Å²) in [5.74, 6) is 0. The first-order valence-corrected chi connectivity index (χ1v) is 6.63. The standard InChI is InChI=1S/C14H20N2O2/c1-12-10-13(6-7-14(12)16(17)18)11-15-8-4-2-3-5-9-15/h6-7,10H,2-5,8-9,11H2,1H3. The molecule has 0 bridgehead atoms. The molecule has 0 spiro atoms. The lowest BCUT2D eigenvalue weighted by Crippen LogP contribution is -2.23. The maximum atomic E-state index is 10.8. The van der Waals surface area contributed by atoms with E-state index in [1.54, 1.807) is 6.07 Å². The Morgan fingerprint density at radius 3 is 2.44 bits per heavy atom. The topological polar surface area (TPSA) is 46.4 Å². The second kappa shape index (κ2) is 5.96. The predicted molar refractivity (Wildman–Crippen MR) is 71.6 cm³/mol. The summed E-state index contributed by atoms with van der Waals surface area (Å²) >= 11 is 0. The number of hydrogen-bond donors (Lipinski definition) is 0. The zero-order valence-electron chi connectivity index (χ0n) is 10.9. The molecule has 1 aromatic rings. The molecule has 0 aliphatic carbocycles. The Hall–Kier alpha value is -1.42. The van der Waals surface area contributed by atoms with Gasteiger partial charge in [-0.1, -0.05) is 18.9 Å². The highest BCUT2D eigenvalue weighted by molar-refractivity contribution is 5.41. The average Bonchev–Trinajstić information content (AvgIpc) is 2.57. The van der Waals surface area contributed by atoms with Crippen molar-refractivity contribution < 1.29 is 4.92 Å². The molecule has 1 heterocycles. The van der Waals surface area contributed by atoms with E-state index in [-0.39, 0.29) is 10.6 Å². The van der Waals surface area contributed by atoms with Gasteiger partial charge in [-0.15, -0.1) is 0 Å². The Kier molecular flexibility index (Phi) is 4.31. The minimum Gasteiger partial charge on any atom is -0.299 e. The van der Waals surface area contributed by atoms with Gasteiger partial charge in [0, 0.05) is 18.2 Å². The first-order chi connectivity index (χ1) is 8.66. The lowest BCUT2D eigenvalue weighted by atomic mass is 10.1. The highest BCUT2D eigenvalue weighted by atomic mass is 16.6. The fourth-order valence-electron chi connectivity index (χ4n) is 2.57. The molecule has 2 rings (SSSR count). The summed E-state index contributed by atoms with van der Waals surface area (Å²) in [5, 5.41) is 10.8. The van der Waals surface area contributed by atoms with Crippen LogP contribution >= 0.6 is 0 Å². The van der Waals surface area contributed by atoms with Crippen LogP contribution in [0.3, 0.4) is 0 Å². The molecule has 4 nitrogen and oxygen atoms in total. The van der Waals surface area contributed by atoms with E-state index in [0.29, 0.717) is 0 Å². The first kappa shape index (κ1) is 13.0. The van der Waals surface area contributed by atoms with Gasteiger partial charge in [-0.3, -0.25) is 15.0 Å². The zero-order valence-corrected chi connectivity index (χ0v) is 10.9. The van der Waals surface area contributed by atoms with Crippen LogP contribution in [0, 0.1) is 17.0 Å². The molecule has 0 atom stereocenters. The van der Waals surface area contributed by atoms with Crippen molar-refractivity contribution in [3.05, 3.63) is 39.4 Å². The molecule has 98 valence electrons. The van der Waals surface area contributed by atoms with Crippen LogP contribution in [-0.4, -0.2) is 22.9 Å². The molecule has 1 aliphatic rings. The predicted octanol–water partition coefficient (Wildman–Crippen LogP) is 3.28. The molecular weight excluding hydrogens is 228 g/mol. The molecule has 0 N–H and O–H groups in total. The van der Waals surface area contributed by atoms with Crippen LogP contribution in [0.4, 0.5) is 5.69 Å². The molecule has 0 saturated carbocycles. The van der Waals surface area contributed by atoms with Crippen LogP contribution < -0.4 is 0 Å². The van der Waals surface area contributed by atoms with Crippen LogP contribution in [0.15, 0.2) is 18.2 Å². The Bertz CT molecular complexity index is 424. The van der Waals surface area contributed by atoms with Gasteiger partial charge in [0.1, 0.15) is 0 Å². The Morgan fingerprint density at radius 1 is 1.22 bits per heavy atom. The van der Waals surface area contributed by atoms with Crippen LogP contribution in [0.1, 0.15) is 36.8 Å². The quantitative estimate of drug-likeness (QED) is 0.609. The van der Waals surface area contributed by atoms with E-state index in [1.165, 1.54) is 31.2 Å². The molecule has 0 unspecified atom stereocenters. The van der Waals surface area contributed by atoms with E-state index in [4.69, 9.17) is 0 Å². The third-order valence-corrected chi connectivity index (χ3v) is 3.56. The molecular formula is C14H20N2O2. The number of nitro groups is 1. The minimum absolute atomic E-state index is 0.217. The molecule has 1 aromatic carbocycles. The van der Waals surface area contributed by atoms with E-state index in [2.05, 4.69) is 4.90 Å². The van der Waals surface area contributed by atoms with Gasteiger partial charge in [0.25, 0.3) is 5.69 Å². The van der Waals surface area contributed by atoms with E-state index in [1.807, 2.05) is 19.1 Å². The smallest absolute Gasteiger partial charge is 0.272 e. The van der Waals surface area contributed by atoms with Gasteiger partial charge in [0.15, 0.2) is 0 Å². The summed E-state index contributed by atoms with van der Waals surface area (Å²) in [6, 6.07) is 5.46. The molecule has 0 radical (unpaired) electrons. The highest BCUT2D eigenvalue weighted by Crippen LogP contribution is 2.20. The maximum Gasteiger partial charge on any atom is 0.272 e. The van der Waals surface area contributed by atoms with Gasteiger partial charge in [-0.2, -0.15) is 0 Å². The number of likely N-dealkylation sites (tertiary alicyclic amines) is 1. The van der Waals surface area contributed by atoms with Crippen molar-refractivity contribution in [2.75, 3.05) is 13.1 Å². The van der Waals surface area contributed by atoms with E-state index < -0.39 is 0 Å². The largest absolute Gasteiger partial charge is 0.299 e. The van der Waals surface area contributed by atoms with Gasteiger partial charge in [-0.25, -0.2) is 0 Å². The van der Waals surface area contributed by atoms with Crippen molar-refractivity contribution in [1.82, 2.24) is 4.90 Å². The second-order valence-corrected chi connectivity index (χ2v) is 5.07. The SMILES string of the molecule is Cc1cc(CN2CCCCCC2)ccc1[N+](=O)[O-]. The van der Waals surface area contributed by atoms with Crippen molar-refractivity contribution >= 4 is 5.69 Å². The van der Waals surface area contributed by atoms with Crippen LogP contribution in [0.2, 0.25) is 0 Å². The number of hydrogen-bond acceptors (Lipinski definition) is 3. The molecule has 1 saturated heterocycles. The molecule has 18 heavy (non-hydrogen) atoms. The van der Waals surface area contributed by atoms with Crippen molar-refractivity contribution in [2.24, 2.45) is 0 Å². The van der Waals surface area contributed by atoms with Gasteiger partial charge >= 0.3 is 0 Å². The van der Waals surface area contributed by atoms with E-state index >= 15 is 0 Å². The number of benzene rings is 1. The molecule has 1 fully saturated rings. The second-order valence-electron chi connectivity index (χ2n) is 5.07. The van der Waals surface area contributed by atoms with Gasteiger partial charge in [0.2, 0.25) is 0 Å². The fraction of sp³-hybridized carbons (Fsp3) is 0.571. The molecule has 4 heteroatoms. The zero-order chi connectivity index (χ0) is 13.0. The average molecular weight is 248 g/mol. The third kappa shape index (κ3) is 3.29. The molecule has 0 amide bonds. The maximum absolute atomic E-state index is 10.8. The number of nitrogens with zero attached hydrogens (tertiary/aromatic N) is 2. The summed E-state index contributed by atoms with van der Waals surface area (Å²) in [5.41, 5.74) is 2.15. The third-order valence-electron chi connectivity index (χ3n) is 3.56. The Labute approximate surface area is 108 Å². The summed E-state index contributed by atoms with van der Waals surface area (Å²) in [6.07, 6.45) is 5.20. The van der Waals surface area contributed by atoms with Crippen molar-refractivity contribution in [2.45, 2.75) is 39.2 Å². The van der Waals surface area contributed by atoms with Crippen LogP contribution in [-0.2, 0) is 6.54 Å². The monoisotopic (exact) mass is 248 g/mol. The van der Waals surface area contributed by atoms with E-state index in [9.17, 15) is 10.1 Å². The van der Waals surface area contributed by atoms with Crippen molar-refractivity contribution in [1.29, 1.82) is 0 Å². The van der Waals surface area contributed by atoms with Crippen molar-refractivity contribution in [3.8, 4) is 0 Å². The Morgan fingerprint density at radius 2 is 1.89 bits per heavy atom. The normalized spacial score (nSPS) is 17.4. The number of rotatable bonds is 3. The highest BCUT2D eigenvalue weighted by Gasteiger charge is 2.13. The molecule has 1 aliphatic heterocycles. The van der Waals surface area contributed by atoms with Gasteiger partial charge in [0.05, 0.1) is 4.92 Å². The summed E-state index contributed by atoms with van der Waals surface area (Å²) < 4.78 is 0.